The molecule has 8 heteroatoms. The Balaban J connectivity index is 1.19. The highest BCUT2D eigenvalue weighted by Crippen LogP contribution is 2.25. The number of ketones is 2. The number of piperidine rings is 1. The normalized spacial score (nSPS) is 16.2. The van der Waals surface area contributed by atoms with E-state index in [9.17, 15) is 9.59 Å². The van der Waals surface area contributed by atoms with Crippen LogP contribution in [0, 0.1) is 5.92 Å². The second kappa shape index (κ2) is 16.6. The Morgan fingerprint density at radius 3 is 2.36 bits per heavy atom. The van der Waals surface area contributed by atoms with Gasteiger partial charge in [-0.1, -0.05) is 19.1 Å². The van der Waals surface area contributed by atoms with Crippen LogP contribution in [-0.2, 0) is 20.7 Å². The molecule has 4 rings (SSSR count). The molecule has 1 aromatic carbocycles. The molecule has 234 valence electrons. The zero-order valence-electron chi connectivity index (χ0n) is 26.1. The van der Waals surface area contributed by atoms with E-state index in [-0.39, 0.29) is 11.6 Å². The summed E-state index contributed by atoms with van der Waals surface area (Å²) in [6, 6.07) is 11.4. The maximum Gasteiger partial charge on any atom is 0.187 e. The van der Waals surface area contributed by atoms with Crippen molar-refractivity contribution in [1.29, 1.82) is 0 Å². The molecule has 0 atom stereocenters. The Kier molecular flexibility index (Phi) is 12.4. The van der Waals surface area contributed by atoms with Gasteiger partial charge in [0.15, 0.2) is 11.6 Å². The number of aryl methyl sites for hydroxylation is 1. The van der Waals surface area contributed by atoms with Crippen LogP contribution in [0.15, 0.2) is 89.7 Å². The van der Waals surface area contributed by atoms with Gasteiger partial charge in [-0.2, -0.15) is 0 Å². The first-order valence-electron chi connectivity index (χ1n) is 15.5. The van der Waals surface area contributed by atoms with Crippen LogP contribution >= 0.6 is 0 Å². The van der Waals surface area contributed by atoms with Crippen LogP contribution in [0.3, 0.4) is 0 Å². The fourth-order valence-corrected chi connectivity index (χ4v) is 5.26. The number of carbonyl (C=O) groups excluding carboxylic acids is 2. The fraction of sp³-hybridized carbons (Fsp3) is 0.417. The van der Waals surface area contributed by atoms with E-state index >= 15 is 0 Å². The third-order valence-electron chi connectivity index (χ3n) is 8.09. The number of carbonyl (C=O) groups is 2. The van der Waals surface area contributed by atoms with Crippen molar-refractivity contribution in [2.45, 2.75) is 58.8 Å². The lowest BCUT2D eigenvalue weighted by Gasteiger charge is -2.33. The monoisotopic (exact) mass is 600 g/mol. The smallest absolute Gasteiger partial charge is 0.187 e. The highest BCUT2D eigenvalue weighted by atomic mass is 16.5. The van der Waals surface area contributed by atoms with Crippen LogP contribution in [0.1, 0.15) is 68.3 Å². The highest BCUT2D eigenvalue weighted by Gasteiger charge is 2.21. The predicted octanol–water partition coefficient (Wildman–Crippen LogP) is 6.52. The Morgan fingerprint density at radius 1 is 1.05 bits per heavy atom. The Bertz CT molecular complexity index is 1380. The van der Waals surface area contributed by atoms with Crippen molar-refractivity contribution < 1.29 is 28.9 Å². The molecule has 2 aliphatic rings. The Morgan fingerprint density at radius 2 is 1.77 bits per heavy atom. The van der Waals surface area contributed by atoms with Crippen molar-refractivity contribution in [3.05, 3.63) is 101 Å². The molecule has 1 aliphatic heterocycles. The molecule has 1 fully saturated rings. The van der Waals surface area contributed by atoms with Crippen molar-refractivity contribution >= 4 is 17.4 Å². The quantitative estimate of drug-likeness (QED) is 0.107. The second-order valence-corrected chi connectivity index (χ2v) is 11.1. The molecule has 1 N–H and O–H groups in total. The standard InChI is InChI=1S/C36H44N2O6/c1-4-28(35(41)24-39)22-30(5-2)43-25-27-18-20-38(21-19-27)36-17-7-26(23-37-36)6-16-34(40)29-8-10-32(11-9-29)44-33-14-12-31(42-3)13-15-33/h4,7-12,14,17,22-23,27,39H,5-6,13,15-16,18-21,24-25H2,1-3H3/b28-4+,30-22+. The molecule has 0 radical (unpaired) electrons. The zero-order chi connectivity index (χ0) is 31.3. The molecule has 1 aliphatic carbocycles. The summed E-state index contributed by atoms with van der Waals surface area (Å²) in [4.78, 5) is 31.6. The number of anilines is 1. The van der Waals surface area contributed by atoms with Gasteiger partial charge in [-0.3, -0.25) is 9.59 Å². The molecule has 44 heavy (non-hydrogen) atoms. The summed E-state index contributed by atoms with van der Waals surface area (Å²) in [6.07, 6.45) is 14.5. The van der Waals surface area contributed by atoms with Crippen molar-refractivity contribution in [1.82, 2.24) is 4.98 Å². The number of Topliss-reactive ketones (excluding diaryl/α,β-unsaturated/α-hetero) is 2. The van der Waals surface area contributed by atoms with Crippen molar-refractivity contribution in [2.75, 3.05) is 38.3 Å². The highest BCUT2D eigenvalue weighted by molar-refractivity contribution is 5.98. The number of benzene rings is 1. The molecule has 0 unspecified atom stereocenters. The Hall–Kier alpha value is -4.17. The molecule has 1 aromatic heterocycles. The maximum absolute atomic E-state index is 12.8. The Labute approximate surface area is 260 Å². The molecule has 0 spiro atoms. The summed E-state index contributed by atoms with van der Waals surface area (Å²) >= 11 is 0. The summed E-state index contributed by atoms with van der Waals surface area (Å²) in [5.74, 6) is 4.48. The maximum atomic E-state index is 12.8. The van der Waals surface area contributed by atoms with Gasteiger partial charge in [-0.15, -0.1) is 0 Å². The van der Waals surface area contributed by atoms with E-state index in [1.165, 1.54) is 0 Å². The summed E-state index contributed by atoms with van der Waals surface area (Å²) in [7, 11) is 1.67. The molecule has 0 saturated carbocycles. The van der Waals surface area contributed by atoms with Crippen molar-refractivity contribution in [3.8, 4) is 5.75 Å². The number of hydrogen-bond donors (Lipinski definition) is 1. The van der Waals surface area contributed by atoms with Crippen molar-refractivity contribution in [3.63, 3.8) is 0 Å². The summed E-state index contributed by atoms with van der Waals surface area (Å²) in [6.45, 7) is 5.68. The number of aromatic nitrogens is 1. The average molecular weight is 601 g/mol. The first kappa shape index (κ1) is 32.7. The molecule has 0 bridgehead atoms. The fourth-order valence-electron chi connectivity index (χ4n) is 5.26. The molecular weight excluding hydrogens is 556 g/mol. The van der Waals surface area contributed by atoms with Crippen LogP contribution in [-0.4, -0.2) is 55.1 Å². The summed E-state index contributed by atoms with van der Waals surface area (Å²) in [5, 5.41) is 9.15. The molecule has 2 heterocycles. The van der Waals surface area contributed by atoms with E-state index in [2.05, 4.69) is 11.0 Å². The summed E-state index contributed by atoms with van der Waals surface area (Å²) < 4.78 is 17.2. The van der Waals surface area contributed by atoms with Gasteiger partial charge in [0.05, 0.1) is 25.2 Å². The van der Waals surface area contributed by atoms with E-state index < -0.39 is 6.61 Å². The van der Waals surface area contributed by atoms with Crippen molar-refractivity contribution in [2.24, 2.45) is 5.92 Å². The number of pyridine rings is 1. The number of allylic oxidation sites excluding steroid dienone is 7. The number of nitrogens with zero attached hydrogens (tertiary/aromatic N) is 2. The number of aliphatic hydroxyl groups is 1. The van der Waals surface area contributed by atoms with Crippen LogP contribution in [0.5, 0.6) is 5.75 Å². The first-order valence-corrected chi connectivity index (χ1v) is 15.5. The minimum atomic E-state index is -0.502. The first-order chi connectivity index (χ1) is 21.4. The largest absolute Gasteiger partial charge is 0.501 e. The number of hydrogen-bond acceptors (Lipinski definition) is 8. The summed E-state index contributed by atoms with van der Waals surface area (Å²) in [5.41, 5.74) is 2.19. The number of ether oxygens (including phenoxy) is 3. The number of aliphatic hydroxyl groups excluding tert-OH is 1. The molecule has 8 nitrogen and oxygen atoms in total. The number of methoxy groups -OCH3 is 1. The zero-order valence-corrected chi connectivity index (χ0v) is 26.1. The second-order valence-electron chi connectivity index (χ2n) is 11.1. The van der Waals surface area contributed by atoms with Crippen LogP contribution in [0.25, 0.3) is 0 Å². The average Bonchev–Trinajstić information content (AvgIpc) is 3.08. The third-order valence-corrected chi connectivity index (χ3v) is 8.09. The van der Waals surface area contributed by atoms with Gasteiger partial charge in [-0.05, 0) is 86.2 Å². The van der Waals surface area contributed by atoms with E-state index in [4.69, 9.17) is 24.3 Å². The van der Waals surface area contributed by atoms with E-state index in [1.54, 1.807) is 26.2 Å². The van der Waals surface area contributed by atoms with E-state index in [0.717, 1.165) is 73.2 Å². The van der Waals surface area contributed by atoms with Crippen LogP contribution in [0.2, 0.25) is 0 Å². The lowest BCUT2D eigenvalue weighted by molar-refractivity contribution is -0.117. The van der Waals surface area contributed by atoms with Gasteiger partial charge >= 0.3 is 0 Å². The van der Waals surface area contributed by atoms with Crippen LogP contribution in [0.4, 0.5) is 5.82 Å². The van der Waals surface area contributed by atoms with E-state index in [1.807, 2.05) is 55.6 Å². The van der Waals surface area contributed by atoms with Gasteiger partial charge in [0, 0.05) is 56.1 Å². The molecular formula is C36H44N2O6. The van der Waals surface area contributed by atoms with Gasteiger partial charge in [0.1, 0.15) is 23.9 Å². The lowest BCUT2D eigenvalue weighted by atomic mass is 9.97. The minimum absolute atomic E-state index is 0.0949. The van der Waals surface area contributed by atoms with E-state index in [0.29, 0.717) is 42.9 Å². The van der Waals surface area contributed by atoms with Crippen LogP contribution < -0.4 is 9.64 Å². The minimum Gasteiger partial charge on any atom is -0.501 e. The lowest BCUT2D eigenvalue weighted by Crippen LogP contribution is -2.35. The van der Waals surface area contributed by atoms with Gasteiger partial charge in [0.2, 0.25) is 0 Å². The SMILES string of the molecule is C/C=C(\C=C(/CC)OCC1CCN(c2ccc(CCC(=O)c3ccc(OC4=CC=C(OC)CC4)cc3)cn2)CC1)C(=O)CO. The topological polar surface area (TPSA) is 98.2 Å². The molecule has 1 saturated heterocycles. The van der Waals surface area contributed by atoms with Gasteiger partial charge in [-0.25, -0.2) is 4.98 Å². The molecule has 0 amide bonds. The van der Waals surface area contributed by atoms with Gasteiger partial charge in [0.25, 0.3) is 0 Å². The number of rotatable bonds is 15. The third kappa shape index (κ3) is 9.41. The predicted molar refractivity (Wildman–Crippen MR) is 171 cm³/mol. The van der Waals surface area contributed by atoms with Gasteiger partial charge < -0.3 is 24.2 Å². The molecule has 2 aromatic rings.